The Kier molecular flexibility index (Phi) is 4.95. The van der Waals surface area contributed by atoms with Crippen molar-refractivity contribution in [3.05, 3.63) is 40.2 Å². The summed E-state index contributed by atoms with van der Waals surface area (Å²) in [5.41, 5.74) is 7.84. The van der Waals surface area contributed by atoms with Crippen LogP contribution in [0.5, 0.6) is 0 Å². The van der Waals surface area contributed by atoms with Crippen LogP contribution in [0.25, 0.3) is 27.1 Å². The van der Waals surface area contributed by atoms with E-state index in [4.69, 9.17) is 0 Å². The third-order valence-corrected chi connectivity index (χ3v) is 8.00. The van der Waals surface area contributed by atoms with Crippen molar-refractivity contribution < 1.29 is 5.11 Å². The Morgan fingerprint density at radius 1 is 1.23 bits per heavy atom. The molecular formula is C24H31N5OS. The highest BCUT2D eigenvalue weighted by molar-refractivity contribution is 7.19. The Labute approximate surface area is 186 Å². The van der Waals surface area contributed by atoms with Crippen molar-refractivity contribution in [1.29, 1.82) is 0 Å². The number of rotatable bonds is 4. The number of pyridine rings is 1. The van der Waals surface area contributed by atoms with E-state index in [0.29, 0.717) is 5.92 Å². The lowest BCUT2D eigenvalue weighted by atomic mass is 9.94. The van der Waals surface area contributed by atoms with Crippen LogP contribution in [0.2, 0.25) is 0 Å². The van der Waals surface area contributed by atoms with Gasteiger partial charge in [0.15, 0.2) is 5.65 Å². The maximum absolute atomic E-state index is 10.2. The third kappa shape index (κ3) is 3.58. The number of aliphatic hydroxyl groups is 1. The number of hydrogen-bond donors (Lipinski definition) is 2. The number of aromatic nitrogens is 4. The number of aromatic amines is 1. The number of nitrogens with zero attached hydrogens (tertiary/aromatic N) is 4. The molecule has 0 spiro atoms. The van der Waals surface area contributed by atoms with E-state index >= 15 is 0 Å². The van der Waals surface area contributed by atoms with Gasteiger partial charge in [-0.3, -0.25) is 4.90 Å². The first-order valence-corrected chi connectivity index (χ1v) is 11.9. The fourth-order valence-corrected chi connectivity index (χ4v) is 6.11. The van der Waals surface area contributed by atoms with E-state index in [1.54, 1.807) is 6.33 Å². The molecule has 0 aromatic carbocycles. The standard InChI is InChI=1S/C24H31N5OS/c1-14(2)20-21(18-12-29-23(25-13-26-29)16(4)15(18)3)27-19-10-17(31-22(19)20)11-28-8-6-24(5,30)7-9-28/h10,12-14,27,30H,6-9,11H2,1-5H3. The Balaban J connectivity index is 1.53. The van der Waals surface area contributed by atoms with Gasteiger partial charge in [-0.2, -0.15) is 5.10 Å². The van der Waals surface area contributed by atoms with Crippen LogP contribution in [0, 0.1) is 13.8 Å². The van der Waals surface area contributed by atoms with Crippen molar-refractivity contribution >= 4 is 27.2 Å². The SMILES string of the molecule is Cc1c(-c2[nH]c3cc(CN4CCC(C)(O)CC4)sc3c2C(C)C)cn2ncnc2c1C. The topological polar surface area (TPSA) is 69.5 Å². The van der Waals surface area contributed by atoms with Gasteiger partial charge in [0.05, 0.1) is 21.5 Å². The average Bonchev–Trinajstić information content (AvgIpc) is 3.40. The second kappa shape index (κ2) is 7.43. The van der Waals surface area contributed by atoms with Crippen molar-refractivity contribution in [3.63, 3.8) is 0 Å². The van der Waals surface area contributed by atoms with Crippen molar-refractivity contribution in [2.75, 3.05) is 13.1 Å². The minimum Gasteiger partial charge on any atom is -0.390 e. The molecule has 1 fully saturated rings. The molecule has 0 amide bonds. The number of nitrogens with one attached hydrogen (secondary N) is 1. The predicted octanol–water partition coefficient (Wildman–Crippen LogP) is 5.03. The number of hydrogen-bond acceptors (Lipinski definition) is 5. The molecule has 164 valence electrons. The van der Waals surface area contributed by atoms with Crippen LogP contribution < -0.4 is 0 Å². The van der Waals surface area contributed by atoms with Crippen molar-refractivity contribution in [3.8, 4) is 11.3 Å². The summed E-state index contributed by atoms with van der Waals surface area (Å²) in [4.78, 5) is 12.0. The van der Waals surface area contributed by atoms with Gasteiger partial charge in [-0.25, -0.2) is 9.50 Å². The average molecular weight is 438 g/mol. The normalized spacial score (nSPS) is 17.4. The minimum atomic E-state index is -0.501. The van der Waals surface area contributed by atoms with Gasteiger partial charge in [-0.05, 0) is 62.3 Å². The van der Waals surface area contributed by atoms with Crippen LogP contribution in [-0.2, 0) is 6.54 Å². The quantitative estimate of drug-likeness (QED) is 0.470. The van der Waals surface area contributed by atoms with Crippen LogP contribution >= 0.6 is 11.3 Å². The zero-order valence-electron chi connectivity index (χ0n) is 19.0. The lowest BCUT2D eigenvalue weighted by Crippen LogP contribution is -2.41. The number of thiophene rings is 1. The molecule has 0 bridgehead atoms. The first-order chi connectivity index (χ1) is 14.7. The molecule has 0 aliphatic carbocycles. The second-order valence-electron chi connectivity index (χ2n) is 9.62. The molecule has 0 unspecified atom stereocenters. The molecule has 7 heteroatoms. The molecule has 2 N–H and O–H groups in total. The summed E-state index contributed by atoms with van der Waals surface area (Å²) < 4.78 is 3.24. The first-order valence-electron chi connectivity index (χ1n) is 11.1. The number of likely N-dealkylation sites (tertiary alicyclic amines) is 1. The number of H-pyrrole nitrogens is 1. The number of fused-ring (bicyclic) bond motifs is 2. The molecule has 31 heavy (non-hydrogen) atoms. The highest BCUT2D eigenvalue weighted by Gasteiger charge is 2.28. The van der Waals surface area contributed by atoms with Crippen LogP contribution in [0.1, 0.15) is 61.1 Å². The van der Waals surface area contributed by atoms with E-state index in [0.717, 1.165) is 38.1 Å². The van der Waals surface area contributed by atoms with E-state index in [1.807, 2.05) is 22.8 Å². The van der Waals surface area contributed by atoms with Crippen molar-refractivity contribution in [2.24, 2.45) is 0 Å². The van der Waals surface area contributed by atoms with E-state index in [1.165, 1.54) is 43.0 Å². The van der Waals surface area contributed by atoms with Crippen LogP contribution in [0.15, 0.2) is 18.6 Å². The molecule has 1 saturated heterocycles. The maximum Gasteiger partial charge on any atom is 0.158 e. The zero-order valence-corrected chi connectivity index (χ0v) is 19.8. The summed E-state index contributed by atoms with van der Waals surface area (Å²) in [6, 6.07) is 2.32. The van der Waals surface area contributed by atoms with Gasteiger partial charge in [0, 0.05) is 36.3 Å². The summed E-state index contributed by atoms with van der Waals surface area (Å²) in [7, 11) is 0. The summed E-state index contributed by atoms with van der Waals surface area (Å²) in [5.74, 6) is 0.409. The van der Waals surface area contributed by atoms with E-state index in [-0.39, 0.29) is 0 Å². The van der Waals surface area contributed by atoms with Crippen molar-refractivity contribution in [1.82, 2.24) is 24.5 Å². The van der Waals surface area contributed by atoms with E-state index in [2.05, 4.69) is 59.9 Å². The van der Waals surface area contributed by atoms with Crippen LogP contribution in [0.4, 0.5) is 0 Å². The van der Waals surface area contributed by atoms with Crippen molar-refractivity contribution in [2.45, 2.75) is 65.5 Å². The lowest BCUT2D eigenvalue weighted by molar-refractivity contribution is -0.00706. The van der Waals surface area contributed by atoms with Gasteiger partial charge in [-0.1, -0.05) is 13.8 Å². The molecule has 1 aliphatic heterocycles. The Bertz CT molecular complexity index is 1250. The van der Waals surface area contributed by atoms with Gasteiger partial charge >= 0.3 is 0 Å². The molecule has 5 heterocycles. The molecule has 5 rings (SSSR count). The third-order valence-electron chi connectivity index (χ3n) is 6.84. The fraction of sp³-hybridized carbons (Fsp3) is 0.500. The summed E-state index contributed by atoms with van der Waals surface area (Å²) in [5, 5.41) is 14.6. The summed E-state index contributed by atoms with van der Waals surface area (Å²) in [6.07, 6.45) is 5.42. The Morgan fingerprint density at radius 3 is 2.68 bits per heavy atom. The van der Waals surface area contributed by atoms with Gasteiger partial charge in [0.2, 0.25) is 0 Å². The van der Waals surface area contributed by atoms with Gasteiger partial charge < -0.3 is 10.1 Å². The molecule has 6 nitrogen and oxygen atoms in total. The molecule has 4 aromatic heterocycles. The smallest absolute Gasteiger partial charge is 0.158 e. The van der Waals surface area contributed by atoms with Crippen LogP contribution in [0.3, 0.4) is 0 Å². The number of piperidine rings is 1. The molecular weight excluding hydrogens is 406 g/mol. The molecule has 0 atom stereocenters. The number of aryl methyl sites for hydroxylation is 1. The highest BCUT2D eigenvalue weighted by atomic mass is 32.1. The zero-order chi connectivity index (χ0) is 21.9. The summed E-state index contributed by atoms with van der Waals surface area (Å²) in [6.45, 7) is 13.7. The molecule has 4 aromatic rings. The van der Waals surface area contributed by atoms with Gasteiger partial charge in [-0.15, -0.1) is 11.3 Å². The fourth-order valence-electron chi connectivity index (χ4n) is 4.76. The van der Waals surface area contributed by atoms with Gasteiger partial charge in [0.25, 0.3) is 0 Å². The molecule has 0 saturated carbocycles. The molecule has 0 radical (unpaired) electrons. The molecule has 1 aliphatic rings. The van der Waals surface area contributed by atoms with Gasteiger partial charge in [0.1, 0.15) is 6.33 Å². The second-order valence-corrected chi connectivity index (χ2v) is 10.8. The first kappa shape index (κ1) is 20.7. The lowest BCUT2D eigenvalue weighted by Gasteiger charge is -2.35. The van der Waals surface area contributed by atoms with Crippen LogP contribution in [-0.4, -0.2) is 48.3 Å². The monoisotopic (exact) mass is 437 g/mol. The van der Waals surface area contributed by atoms with E-state index < -0.39 is 5.60 Å². The summed E-state index contributed by atoms with van der Waals surface area (Å²) >= 11 is 1.91. The highest BCUT2D eigenvalue weighted by Crippen LogP contribution is 2.41. The Hall–Kier alpha value is -2.22. The van der Waals surface area contributed by atoms with E-state index in [9.17, 15) is 5.11 Å². The largest absolute Gasteiger partial charge is 0.390 e. The Morgan fingerprint density at radius 2 is 1.97 bits per heavy atom. The maximum atomic E-state index is 10.2. The minimum absolute atomic E-state index is 0.409. The predicted molar refractivity (Wildman–Crippen MR) is 127 cm³/mol.